The van der Waals surface area contributed by atoms with Gasteiger partial charge in [0.15, 0.2) is 0 Å². The molecule has 0 bridgehead atoms. The SMILES string of the molecule is CC(C)N(C)C(=O)[C@@H](NC(=O)N[C@H](C(=O)N1C[C@H]2[C@@H]([C@H]1C(=O)NC(CC1CCC1)C(=O)C(N)=O)C2(C)C)C(C)(C)C)C(C)(C)C.CC(C)NC(=O)[C@@H](NC(=O)N[C@H](C(=O)N1C[C@H]2[C@@H]([C@H]1C(=O)NC(CC1CC1)C(=O)C(N)=O)C2(C)C)C(C)(C)C)C(C)C.CC(C)[C@H](NC(=O)N[C@H](C(=O)N1C[C@H]2[C@@H]([C@H]1C(=O)NC(CC1CC1)C(=O)C(N)=O)C2(C)C)C(C)(C)C)C(=O)N1CCN(c2ccccc2F)CC1. The van der Waals surface area contributed by atoms with E-state index in [0.717, 1.165) is 44.9 Å². The molecule has 4 saturated heterocycles. The Kier molecular flexibility index (Phi) is 34.5. The number of Topliss-reactive ketones (excluding diaryl/α,β-unsaturated/α-hetero) is 3. The Labute approximate surface area is 813 Å². The summed E-state index contributed by atoms with van der Waals surface area (Å²) in [5.41, 5.74) is 12.9. The number of primary amides is 3. The maximum Gasteiger partial charge on any atom is 0.316 e. The number of urea groups is 3. The monoisotopic (exact) mass is 1930 g/mol. The molecule has 4 heterocycles. The van der Waals surface area contributed by atoms with E-state index in [2.05, 4.69) is 67.0 Å². The fraction of sp³-hybridized carbons (Fsp3) is 0.760. The highest BCUT2D eigenvalue weighted by molar-refractivity contribution is 6.39. The molecule has 11 rings (SSSR count). The van der Waals surface area contributed by atoms with Gasteiger partial charge >= 0.3 is 18.1 Å². The maximum absolute atomic E-state index is 14.4. The first-order chi connectivity index (χ1) is 63.6. The van der Waals surface area contributed by atoms with Gasteiger partial charge in [0, 0.05) is 64.9 Å². The summed E-state index contributed by atoms with van der Waals surface area (Å²) in [4.78, 5) is 247. The number of para-hydroxylation sites is 1. The van der Waals surface area contributed by atoms with Crippen molar-refractivity contribution in [2.75, 3.05) is 57.8 Å². The summed E-state index contributed by atoms with van der Waals surface area (Å²) in [5, 5.41) is 27.9. The van der Waals surface area contributed by atoms with Gasteiger partial charge in [-0.05, 0) is 162 Å². The van der Waals surface area contributed by atoms with E-state index in [9.17, 15) is 90.7 Å². The van der Waals surface area contributed by atoms with Crippen molar-refractivity contribution in [2.45, 2.75) is 329 Å². The van der Waals surface area contributed by atoms with Crippen molar-refractivity contribution in [3.63, 3.8) is 0 Å². The predicted octanol–water partition coefficient (Wildman–Crippen LogP) is 5.30. The molecule has 770 valence electrons. The molecule has 37 nitrogen and oxygen atoms in total. The lowest BCUT2D eigenvalue weighted by Gasteiger charge is -2.39. The van der Waals surface area contributed by atoms with Crippen LogP contribution in [0.25, 0.3) is 0 Å². The summed E-state index contributed by atoms with van der Waals surface area (Å²) in [6.45, 7) is 51.4. The van der Waals surface area contributed by atoms with Crippen molar-refractivity contribution < 1.29 is 90.7 Å². The number of nitrogens with one attached hydrogen (secondary N) is 10. The van der Waals surface area contributed by atoms with Crippen molar-refractivity contribution in [1.29, 1.82) is 0 Å². The fourth-order valence-corrected chi connectivity index (χ4v) is 20.8. The number of halogens is 1. The second-order valence-corrected chi connectivity index (χ2v) is 47.9. The zero-order valence-electron chi connectivity index (χ0n) is 86.4. The van der Waals surface area contributed by atoms with Crippen molar-refractivity contribution in [2.24, 2.45) is 120 Å². The average Bonchev–Trinajstić information content (AvgIpc) is 1.53. The molecule has 18 amide bonds. The van der Waals surface area contributed by atoms with Crippen LogP contribution in [0.15, 0.2) is 24.3 Å². The van der Waals surface area contributed by atoms with E-state index >= 15 is 0 Å². The number of rotatable bonds is 35. The number of piperazine rings is 1. The van der Waals surface area contributed by atoms with Crippen LogP contribution < -0.4 is 75.3 Å². The Morgan fingerprint density at radius 3 is 0.986 bits per heavy atom. The van der Waals surface area contributed by atoms with Gasteiger partial charge in [0.2, 0.25) is 70.5 Å². The Hall–Kier alpha value is -10.6. The number of carbonyl (C=O) groups is 18. The van der Waals surface area contributed by atoms with Gasteiger partial charge in [-0.25, -0.2) is 18.8 Å². The Balaban J connectivity index is 0.000000233. The third kappa shape index (κ3) is 26.2. The number of anilines is 1. The minimum absolute atomic E-state index is 0.0437. The van der Waals surface area contributed by atoms with Gasteiger partial charge in [-0.2, -0.15) is 0 Å². The van der Waals surface area contributed by atoms with E-state index in [0.29, 0.717) is 70.8 Å². The summed E-state index contributed by atoms with van der Waals surface area (Å²) in [5.74, 6) is -9.84. The number of nitrogens with zero attached hydrogens (tertiary/aromatic N) is 6. The van der Waals surface area contributed by atoms with Gasteiger partial charge in [-0.15, -0.1) is 0 Å². The highest BCUT2D eigenvalue weighted by atomic mass is 19.1. The molecule has 6 aliphatic carbocycles. The van der Waals surface area contributed by atoms with Gasteiger partial charge < -0.3 is 99.8 Å². The van der Waals surface area contributed by atoms with Crippen LogP contribution in [0.5, 0.6) is 0 Å². The van der Waals surface area contributed by atoms with Crippen LogP contribution in [0.1, 0.15) is 244 Å². The van der Waals surface area contributed by atoms with Gasteiger partial charge in [0.05, 0.1) is 23.8 Å². The molecule has 38 heteroatoms. The molecule has 6 saturated carbocycles. The molecule has 0 aromatic heterocycles. The third-order valence-electron chi connectivity index (χ3n) is 30.6. The van der Waals surface area contributed by atoms with Crippen LogP contribution >= 0.6 is 0 Å². The Morgan fingerprint density at radius 2 is 0.710 bits per heavy atom. The molecule has 3 unspecified atom stereocenters. The number of fused-ring (bicyclic) bond motifs is 3. The molecule has 10 fully saturated rings. The molecule has 10 aliphatic rings. The quantitative estimate of drug-likeness (QED) is 0.0383. The summed E-state index contributed by atoms with van der Waals surface area (Å²) >= 11 is 0. The molecule has 138 heavy (non-hydrogen) atoms. The third-order valence-corrected chi connectivity index (χ3v) is 30.6. The molecular weight excluding hydrogens is 1770 g/mol. The van der Waals surface area contributed by atoms with E-state index < -0.39 is 183 Å². The lowest BCUT2D eigenvalue weighted by molar-refractivity contribution is -0.145. The fourth-order valence-electron chi connectivity index (χ4n) is 20.8. The molecule has 18 atom stereocenters. The number of piperidine rings is 3. The van der Waals surface area contributed by atoms with Gasteiger partial charge in [-0.1, -0.05) is 209 Å². The normalized spacial score (nSPS) is 24.5. The van der Waals surface area contributed by atoms with Crippen molar-refractivity contribution >= 4 is 112 Å². The van der Waals surface area contributed by atoms with Gasteiger partial charge in [-0.3, -0.25) is 71.9 Å². The number of likely N-dealkylation sites (N-methyl/N-ethyl adjacent to an activating group) is 1. The smallest absolute Gasteiger partial charge is 0.316 e. The summed E-state index contributed by atoms with van der Waals surface area (Å²) in [6.07, 6.45) is 7.49. The predicted molar refractivity (Wildman–Crippen MR) is 515 cm³/mol. The van der Waals surface area contributed by atoms with Crippen LogP contribution in [-0.2, 0) is 71.9 Å². The van der Waals surface area contributed by atoms with Crippen LogP contribution in [0.4, 0.5) is 24.5 Å². The lowest BCUT2D eigenvalue weighted by Crippen LogP contribution is -2.63. The highest BCUT2D eigenvalue weighted by Crippen LogP contribution is 2.67. The van der Waals surface area contributed by atoms with E-state index in [-0.39, 0.29) is 117 Å². The van der Waals surface area contributed by atoms with E-state index in [1.54, 1.807) is 35.0 Å². The number of carbonyl (C=O) groups excluding carboxylic acids is 18. The second kappa shape index (κ2) is 42.8. The summed E-state index contributed by atoms with van der Waals surface area (Å²) in [7, 11) is 1.69. The number of ketones is 3. The number of nitrogens with two attached hydrogens (primary N) is 3. The number of hydrogen-bond acceptors (Lipinski definition) is 19. The van der Waals surface area contributed by atoms with Crippen LogP contribution in [-0.4, -0.2) is 268 Å². The molecular formula is C100H160FN19O18. The molecule has 1 aromatic rings. The first-order valence-corrected chi connectivity index (χ1v) is 49.5. The zero-order chi connectivity index (χ0) is 104. The second-order valence-electron chi connectivity index (χ2n) is 47.9. The van der Waals surface area contributed by atoms with Gasteiger partial charge in [0.25, 0.3) is 17.7 Å². The molecule has 4 aliphatic heterocycles. The molecule has 1 aromatic carbocycles. The minimum atomic E-state index is -1.11. The lowest BCUT2D eigenvalue weighted by atomic mass is 9.80. The largest absolute Gasteiger partial charge is 0.366 e. The van der Waals surface area contributed by atoms with Crippen LogP contribution in [0.3, 0.4) is 0 Å². The van der Waals surface area contributed by atoms with Crippen molar-refractivity contribution in [1.82, 2.24) is 77.7 Å². The van der Waals surface area contributed by atoms with E-state index in [1.807, 2.05) is 171 Å². The first-order valence-electron chi connectivity index (χ1n) is 49.5. The zero-order valence-corrected chi connectivity index (χ0v) is 86.4. The maximum atomic E-state index is 14.4. The van der Waals surface area contributed by atoms with Crippen LogP contribution in [0, 0.1) is 109 Å². The number of hydrogen-bond donors (Lipinski definition) is 13. The number of likely N-dealkylation sites (tertiary alicyclic amines) is 3. The summed E-state index contributed by atoms with van der Waals surface area (Å²) in [6, 6.07) is -7.10. The van der Waals surface area contributed by atoms with E-state index in [4.69, 9.17) is 17.2 Å². The Morgan fingerprint density at radius 1 is 0.406 bits per heavy atom. The number of benzene rings is 1. The van der Waals surface area contributed by atoms with E-state index in [1.165, 1.54) is 20.8 Å². The topological polar surface area (TPSA) is 525 Å². The summed E-state index contributed by atoms with van der Waals surface area (Å²) < 4.78 is 14.4. The highest BCUT2D eigenvalue weighted by Gasteiger charge is 2.73. The molecule has 0 spiro atoms. The van der Waals surface area contributed by atoms with Crippen molar-refractivity contribution in [3.8, 4) is 0 Å². The number of amides is 18. The molecule has 0 radical (unpaired) electrons. The standard InChI is InChI=1S/C37H54FN7O6.C33H56N6O6.C30H50N6O6/c1-20(2)27(33(49)44-16-14-43(15-17-44)25-11-9-8-10-23(25)38)41-35(51)42-30(36(3,4)5)34(50)45-19-22-26(37(22,6)7)28(45)32(48)40-24(18-21-12-13-21)29(46)31(39)47;1-17(2)38(11)28(43)24(31(3,4)5)36-30(45)37-25(32(6,7)8)29(44)39-16-19-21(33(19,9)10)22(39)27(42)35-20(23(40)26(34)41)15-18-13-12-14-18;1-14(2)20(25(39)32-15(3)4)34-28(42)35-23(29(5,6)7)27(41)36-13-17-19(30(17,8)9)21(36)26(40)33-18(12-16-10-11-16)22(37)24(31)38/h8-11,20-22,24,26-28,30H,12-19H2,1-7H3,(H2,39,47)(H,40,48)(H2,41,42,51);17-22,24-25H,12-16H2,1-11H3,(H2,34,41)(H,35,42)(H2,36,37,45);14-21,23H,10-13H2,1-9H3,(H2,31,38)(H,32,39)(H,33,40)(H2,34,35,42)/t22-,24?,26-,27-,28-,30+;19-,20?,21-,22-,24+,25+;17-,18?,19-,20-,21-,23+/m000/s1. The Bertz CT molecular complexity index is 4770. The first kappa shape index (κ1) is 111. The van der Waals surface area contributed by atoms with Crippen molar-refractivity contribution in [3.05, 3.63) is 30.1 Å². The molecule has 16 N–H and O–H groups in total. The van der Waals surface area contributed by atoms with Gasteiger partial charge in [0.1, 0.15) is 60.2 Å². The average molecular weight is 1940 g/mol. The van der Waals surface area contributed by atoms with Crippen LogP contribution in [0.2, 0.25) is 0 Å². The minimum Gasteiger partial charge on any atom is -0.366 e.